The van der Waals surface area contributed by atoms with E-state index in [2.05, 4.69) is 17.2 Å². The van der Waals surface area contributed by atoms with Crippen LogP contribution in [0.15, 0.2) is 22.8 Å². The van der Waals surface area contributed by atoms with E-state index in [1.807, 2.05) is 17.4 Å². The molecule has 1 aliphatic rings. The number of aliphatic hydroxyl groups is 1. The molecule has 0 aliphatic heterocycles. The van der Waals surface area contributed by atoms with Crippen LogP contribution in [-0.4, -0.2) is 16.1 Å². The molecule has 0 saturated carbocycles. The third kappa shape index (κ3) is 3.11. The summed E-state index contributed by atoms with van der Waals surface area (Å²) in [6.45, 7) is 2.86. The van der Waals surface area contributed by atoms with Crippen LogP contribution in [0.2, 0.25) is 0 Å². The second-order valence-electron chi connectivity index (χ2n) is 5.38. The zero-order chi connectivity index (χ0) is 13.9. The van der Waals surface area contributed by atoms with Crippen molar-refractivity contribution in [3.63, 3.8) is 0 Å². The molecule has 2 aromatic heterocycles. The summed E-state index contributed by atoms with van der Waals surface area (Å²) in [5, 5.41) is 14.6. The number of nitrogens with one attached hydrogen (secondary N) is 1. The molecule has 0 spiro atoms. The Morgan fingerprint density at radius 3 is 3.15 bits per heavy atom. The number of aryl methyl sites for hydroxylation is 2. The van der Waals surface area contributed by atoms with Crippen LogP contribution in [0.3, 0.4) is 0 Å². The standard InChI is InChI=1S/C15H20N2O2S/c1-10(8-12(18)13-5-3-7-19-13)16-9-15-17-11-4-2-6-14(11)20-15/h3,5,7,10,12,16,18H,2,4,6,8-9H2,1H3. The Bertz CT molecular complexity index is 529. The van der Waals surface area contributed by atoms with Gasteiger partial charge in [0.25, 0.3) is 0 Å². The maximum Gasteiger partial charge on any atom is 0.132 e. The summed E-state index contributed by atoms with van der Waals surface area (Å²) in [7, 11) is 0. The first kappa shape index (κ1) is 13.8. The first-order valence-electron chi connectivity index (χ1n) is 7.14. The zero-order valence-corrected chi connectivity index (χ0v) is 12.4. The third-order valence-corrected chi connectivity index (χ3v) is 4.85. The number of hydrogen-bond acceptors (Lipinski definition) is 5. The lowest BCUT2D eigenvalue weighted by Crippen LogP contribution is -2.27. The van der Waals surface area contributed by atoms with Crippen molar-refractivity contribution in [1.82, 2.24) is 10.3 Å². The van der Waals surface area contributed by atoms with Crippen molar-refractivity contribution < 1.29 is 9.52 Å². The van der Waals surface area contributed by atoms with E-state index in [1.165, 1.54) is 23.4 Å². The lowest BCUT2D eigenvalue weighted by molar-refractivity contribution is 0.128. The van der Waals surface area contributed by atoms with E-state index in [4.69, 9.17) is 4.42 Å². The molecule has 108 valence electrons. The molecule has 0 radical (unpaired) electrons. The van der Waals surface area contributed by atoms with Crippen molar-refractivity contribution in [1.29, 1.82) is 0 Å². The largest absolute Gasteiger partial charge is 0.467 e. The lowest BCUT2D eigenvalue weighted by Gasteiger charge is -2.15. The quantitative estimate of drug-likeness (QED) is 0.859. The van der Waals surface area contributed by atoms with Gasteiger partial charge in [-0.2, -0.15) is 0 Å². The van der Waals surface area contributed by atoms with E-state index in [1.54, 1.807) is 12.3 Å². The highest BCUT2D eigenvalue weighted by Crippen LogP contribution is 2.27. The van der Waals surface area contributed by atoms with Crippen LogP contribution in [0.5, 0.6) is 0 Å². The summed E-state index contributed by atoms with van der Waals surface area (Å²) in [4.78, 5) is 6.13. The number of fused-ring (bicyclic) bond motifs is 1. The highest BCUT2D eigenvalue weighted by molar-refractivity contribution is 7.11. The minimum atomic E-state index is -0.547. The van der Waals surface area contributed by atoms with Crippen molar-refractivity contribution in [3.8, 4) is 0 Å². The molecule has 2 heterocycles. The fraction of sp³-hybridized carbons (Fsp3) is 0.533. The molecule has 3 rings (SSSR count). The Morgan fingerprint density at radius 2 is 2.40 bits per heavy atom. The molecule has 5 heteroatoms. The molecular formula is C15H20N2O2S. The molecule has 2 N–H and O–H groups in total. The van der Waals surface area contributed by atoms with Crippen molar-refractivity contribution in [2.24, 2.45) is 0 Å². The minimum absolute atomic E-state index is 0.217. The molecule has 4 nitrogen and oxygen atoms in total. The van der Waals surface area contributed by atoms with Crippen LogP contribution in [0.25, 0.3) is 0 Å². The van der Waals surface area contributed by atoms with Crippen molar-refractivity contribution in [2.75, 3.05) is 0 Å². The number of rotatable bonds is 6. The highest BCUT2D eigenvalue weighted by Gasteiger charge is 2.18. The van der Waals surface area contributed by atoms with E-state index in [0.717, 1.165) is 18.0 Å². The predicted molar refractivity (Wildman–Crippen MR) is 78.7 cm³/mol. The topological polar surface area (TPSA) is 58.3 Å². The summed E-state index contributed by atoms with van der Waals surface area (Å²) < 4.78 is 5.21. The molecule has 1 aliphatic carbocycles. The Kier molecular flexibility index (Phi) is 4.19. The molecule has 0 bridgehead atoms. The van der Waals surface area contributed by atoms with Crippen LogP contribution in [0.1, 0.15) is 47.2 Å². The monoisotopic (exact) mass is 292 g/mol. The fourth-order valence-electron chi connectivity index (χ4n) is 2.60. The first-order chi connectivity index (χ1) is 9.72. The minimum Gasteiger partial charge on any atom is -0.467 e. The summed E-state index contributed by atoms with van der Waals surface area (Å²) in [6.07, 6.45) is 5.27. The normalized spacial score (nSPS) is 17.1. The van der Waals surface area contributed by atoms with Gasteiger partial charge in [-0.05, 0) is 44.7 Å². The zero-order valence-electron chi connectivity index (χ0n) is 11.6. The first-order valence-corrected chi connectivity index (χ1v) is 7.96. The third-order valence-electron chi connectivity index (χ3n) is 3.69. The van der Waals surface area contributed by atoms with Gasteiger partial charge in [0.15, 0.2) is 0 Å². The lowest BCUT2D eigenvalue weighted by atomic mass is 10.1. The number of aromatic nitrogens is 1. The molecule has 2 aromatic rings. The molecule has 0 fully saturated rings. The smallest absolute Gasteiger partial charge is 0.132 e. The fourth-order valence-corrected chi connectivity index (χ4v) is 3.70. The molecule has 20 heavy (non-hydrogen) atoms. The Hall–Kier alpha value is -1.17. The van der Waals surface area contributed by atoms with Crippen LogP contribution in [0.4, 0.5) is 0 Å². The van der Waals surface area contributed by atoms with Gasteiger partial charge in [0.2, 0.25) is 0 Å². The molecule has 0 saturated heterocycles. The van der Waals surface area contributed by atoms with Crippen LogP contribution in [-0.2, 0) is 19.4 Å². The highest BCUT2D eigenvalue weighted by atomic mass is 32.1. The Balaban J connectivity index is 1.48. The van der Waals surface area contributed by atoms with Crippen molar-refractivity contribution >= 4 is 11.3 Å². The average molecular weight is 292 g/mol. The van der Waals surface area contributed by atoms with Crippen molar-refractivity contribution in [2.45, 2.75) is 51.3 Å². The van der Waals surface area contributed by atoms with Crippen molar-refractivity contribution in [3.05, 3.63) is 39.7 Å². The molecule has 2 atom stereocenters. The SMILES string of the molecule is CC(CC(O)c1ccco1)NCc1nc2c(s1)CCC2. The Labute approximate surface area is 122 Å². The van der Waals surface area contributed by atoms with Gasteiger partial charge in [-0.15, -0.1) is 11.3 Å². The van der Waals surface area contributed by atoms with E-state index < -0.39 is 6.10 Å². The number of hydrogen-bond donors (Lipinski definition) is 2. The van der Waals surface area contributed by atoms with Crippen LogP contribution < -0.4 is 5.32 Å². The average Bonchev–Trinajstić information content (AvgIpc) is 3.12. The summed E-state index contributed by atoms with van der Waals surface area (Å²) in [5.41, 5.74) is 1.30. The van der Waals surface area contributed by atoms with E-state index >= 15 is 0 Å². The second kappa shape index (κ2) is 6.08. The van der Waals surface area contributed by atoms with Gasteiger partial charge >= 0.3 is 0 Å². The van der Waals surface area contributed by atoms with Crippen LogP contribution in [0, 0.1) is 0 Å². The maximum atomic E-state index is 10.0. The van der Waals surface area contributed by atoms with Gasteiger partial charge in [-0.25, -0.2) is 4.98 Å². The van der Waals surface area contributed by atoms with E-state index in [-0.39, 0.29) is 6.04 Å². The molecule has 0 aromatic carbocycles. The molecule has 0 amide bonds. The maximum absolute atomic E-state index is 10.0. The number of thiazole rings is 1. The van der Waals surface area contributed by atoms with Gasteiger partial charge in [0.1, 0.15) is 16.9 Å². The number of aliphatic hydroxyl groups excluding tert-OH is 1. The van der Waals surface area contributed by atoms with Gasteiger partial charge in [-0.1, -0.05) is 0 Å². The van der Waals surface area contributed by atoms with E-state index in [9.17, 15) is 5.11 Å². The van der Waals surface area contributed by atoms with Crippen LogP contribution >= 0.6 is 11.3 Å². The predicted octanol–water partition coefficient (Wildman–Crippen LogP) is 2.83. The molecular weight excluding hydrogens is 272 g/mol. The Morgan fingerprint density at radius 1 is 1.50 bits per heavy atom. The summed E-state index contributed by atoms with van der Waals surface area (Å²) in [6, 6.07) is 3.82. The number of furan rings is 1. The summed E-state index contributed by atoms with van der Waals surface area (Å²) >= 11 is 1.83. The van der Waals surface area contributed by atoms with Gasteiger partial charge in [-0.3, -0.25) is 0 Å². The second-order valence-corrected chi connectivity index (χ2v) is 6.55. The summed E-state index contributed by atoms with van der Waals surface area (Å²) in [5.74, 6) is 0.631. The number of nitrogens with zero attached hydrogens (tertiary/aromatic N) is 1. The van der Waals surface area contributed by atoms with Gasteiger partial charge < -0.3 is 14.8 Å². The van der Waals surface area contributed by atoms with Gasteiger partial charge in [0.05, 0.1) is 12.0 Å². The molecule has 2 unspecified atom stereocenters. The van der Waals surface area contributed by atoms with Gasteiger partial charge in [0, 0.05) is 17.5 Å². The van der Waals surface area contributed by atoms with E-state index in [0.29, 0.717) is 12.2 Å².